The average molecular weight is 488 g/mol. The third-order valence-corrected chi connectivity index (χ3v) is 6.00. The molecule has 0 radical (unpaired) electrons. The fraction of sp³-hybridized carbons (Fsp3) is 0.120. The molecule has 0 unspecified atom stereocenters. The van der Waals surface area contributed by atoms with Crippen LogP contribution in [0.1, 0.15) is 0 Å². The molecule has 5 rings (SSSR count). The van der Waals surface area contributed by atoms with Gasteiger partial charge in [0.2, 0.25) is 11.8 Å². The van der Waals surface area contributed by atoms with Gasteiger partial charge in [-0.2, -0.15) is 0 Å². The Bertz CT molecular complexity index is 1480. The Morgan fingerprint density at radius 3 is 2.57 bits per heavy atom. The Hall–Kier alpha value is -4.31. The molecule has 0 aliphatic carbocycles. The summed E-state index contributed by atoms with van der Waals surface area (Å²) in [5.74, 6) is 2.34. The van der Waals surface area contributed by atoms with Crippen LogP contribution in [-0.4, -0.2) is 46.0 Å². The molecule has 9 nitrogen and oxygen atoms in total. The van der Waals surface area contributed by atoms with Crippen LogP contribution in [0.5, 0.6) is 11.5 Å². The van der Waals surface area contributed by atoms with Crippen LogP contribution in [-0.2, 0) is 4.79 Å². The van der Waals surface area contributed by atoms with Crippen molar-refractivity contribution in [2.75, 3.05) is 25.3 Å². The number of thioether (sulfide) groups is 1. The lowest BCUT2D eigenvalue weighted by Crippen LogP contribution is -2.13. The smallest absolute Gasteiger partial charge is 0.277 e. The van der Waals surface area contributed by atoms with Gasteiger partial charge in [0.05, 0.1) is 31.0 Å². The van der Waals surface area contributed by atoms with Gasteiger partial charge >= 0.3 is 0 Å². The van der Waals surface area contributed by atoms with Crippen molar-refractivity contribution in [3.8, 4) is 34.3 Å². The largest absolute Gasteiger partial charge is 0.493 e. The number of carbonyl (C=O) groups is 1. The van der Waals surface area contributed by atoms with E-state index in [-0.39, 0.29) is 11.7 Å². The van der Waals surface area contributed by atoms with E-state index in [4.69, 9.17) is 13.9 Å². The third-order valence-electron chi connectivity index (χ3n) is 5.18. The number of H-pyrrole nitrogens is 1. The number of nitrogens with one attached hydrogen (secondary N) is 2. The van der Waals surface area contributed by atoms with Crippen molar-refractivity contribution in [3.63, 3.8) is 0 Å². The molecule has 0 saturated carbocycles. The van der Waals surface area contributed by atoms with Crippen molar-refractivity contribution in [1.29, 1.82) is 0 Å². The standard InChI is InChI=1S/C25H21N5O4S/c1-32-20-11-9-15(13-21(20)33-2)23-27-18-10-8-16(12-19(18)28-23)24-29-30-25(34-24)35-14-22(31)26-17-6-4-3-5-7-17/h3-13H,14H2,1-2H3,(H,26,31)(H,27,28). The molecule has 5 aromatic rings. The number of hydrogen-bond donors (Lipinski definition) is 2. The fourth-order valence-corrected chi connectivity index (χ4v) is 4.06. The highest BCUT2D eigenvalue weighted by Crippen LogP contribution is 2.33. The van der Waals surface area contributed by atoms with E-state index >= 15 is 0 Å². The van der Waals surface area contributed by atoms with Gasteiger partial charge in [-0.25, -0.2) is 4.98 Å². The summed E-state index contributed by atoms with van der Waals surface area (Å²) in [6.45, 7) is 0. The highest BCUT2D eigenvalue weighted by atomic mass is 32.2. The van der Waals surface area contributed by atoms with Gasteiger partial charge in [0.1, 0.15) is 5.82 Å². The van der Waals surface area contributed by atoms with Crippen LogP contribution in [0, 0.1) is 0 Å². The Labute approximate surface area is 204 Å². The number of amides is 1. The van der Waals surface area contributed by atoms with E-state index in [1.807, 2.05) is 66.7 Å². The van der Waals surface area contributed by atoms with Crippen LogP contribution in [0.4, 0.5) is 5.69 Å². The number of carbonyl (C=O) groups excluding carboxylic acids is 1. The van der Waals surface area contributed by atoms with E-state index in [1.165, 1.54) is 11.8 Å². The molecule has 0 aliphatic rings. The van der Waals surface area contributed by atoms with E-state index in [0.717, 1.165) is 27.8 Å². The molecule has 2 aromatic heterocycles. The van der Waals surface area contributed by atoms with Crippen molar-refractivity contribution in [2.24, 2.45) is 0 Å². The molecular formula is C25H21N5O4S. The molecule has 0 saturated heterocycles. The van der Waals surface area contributed by atoms with Crippen molar-refractivity contribution in [3.05, 3.63) is 66.7 Å². The number of anilines is 1. The predicted molar refractivity (Wildman–Crippen MR) is 134 cm³/mol. The summed E-state index contributed by atoms with van der Waals surface area (Å²) in [7, 11) is 3.19. The number of benzene rings is 3. The molecule has 0 bridgehead atoms. The lowest BCUT2D eigenvalue weighted by molar-refractivity contribution is -0.113. The van der Waals surface area contributed by atoms with Crippen molar-refractivity contribution < 1.29 is 18.7 Å². The van der Waals surface area contributed by atoms with Gasteiger partial charge in [-0.15, -0.1) is 10.2 Å². The number of nitrogens with zero attached hydrogens (tertiary/aromatic N) is 3. The van der Waals surface area contributed by atoms with Gasteiger partial charge < -0.3 is 24.2 Å². The maximum absolute atomic E-state index is 12.2. The summed E-state index contributed by atoms with van der Waals surface area (Å²) in [5.41, 5.74) is 3.97. The number of hydrogen-bond acceptors (Lipinski definition) is 8. The topological polar surface area (TPSA) is 115 Å². The van der Waals surface area contributed by atoms with Gasteiger partial charge in [-0.1, -0.05) is 30.0 Å². The molecule has 0 aliphatic heterocycles. The Morgan fingerprint density at radius 2 is 1.77 bits per heavy atom. The van der Waals surface area contributed by atoms with Crippen LogP contribution < -0.4 is 14.8 Å². The molecule has 3 aromatic carbocycles. The second-order valence-corrected chi connectivity index (χ2v) is 8.39. The minimum atomic E-state index is -0.150. The Kier molecular flexibility index (Phi) is 6.36. The van der Waals surface area contributed by atoms with E-state index < -0.39 is 0 Å². The summed E-state index contributed by atoms with van der Waals surface area (Å²) in [5, 5.41) is 11.3. The van der Waals surface area contributed by atoms with E-state index in [9.17, 15) is 4.79 Å². The molecule has 0 atom stereocenters. The van der Waals surface area contributed by atoms with Crippen molar-refractivity contribution in [2.45, 2.75) is 5.22 Å². The number of methoxy groups -OCH3 is 2. The normalized spacial score (nSPS) is 10.9. The first kappa shape index (κ1) is 22.5. The van der Waals surface area contributed by atoms with Gasteiger partial charge in [0, 0.05) is 16.8 Å². The van der Waals surface area contributed by atoms with Crippen LogP contribution in [0.15, 0.2) is 76.4 Å². The zero-order valence-electron chi connectivity index (χ0n) is 18.9. The van der Waals surface area contributed by atoms with Crippen LogP contribution >= 0.6 is 11.8 Å². The number of imidazole rings is 1. The summed E-state index contributed by atoms with van der Waals surface area (Å²) in [4.78, 5) is 20.2. The van der Waals surface area contributed by atoms with Crippen molar-refractivity contribution >= 4 is 34.4 Å². The van der Waals surface area contributed by atoms with E-state index in [2.05, 4.69) is 25.5 Å². The van der Waals surface area contributed by atoms with Crippen molar-refractivity contribution in [1.82, 2.24) is 20.2 Å². The van der Waals surface area contributed by atoms with Gasteiger partial charge in [0.25, 0.3) is 5.22 Å². The Balaban J connectivity index is 1.30. The van der Waals surface area contributed by atoms with Gasteiger partial charge in [-0.05, 0) is 48.5 Å². The van der Waals surface area contributed by atoms with E-state index in [0.29, 0.717) is 28.4 Å². The van der Waals surface area contributed by atoms with Crippen LogP contribution in [0.2, 0.25) is 0 Å². The quantitative estimate of drug-likeness (QED) is 0.293. The molecular weight excluding hydrogens is 466 g/mol. The number of ether oxygens (including phenoxy) is 2. The number of aromatic nitrogens is 4. The average Bonchev–Trinajstić information content (AvgIpc) is 3.54. The second kappa shape index (κ2) is 9.90. The lowest BCUT2D eigenvalue weighted by Gasteiger charge is -2.08. The van der Waals surface area contributed by atoms with Gasteiger partial charge in [-0.3, -0.25) is 4.79 Å². The first-order valence-corrected chi connectivity index (χ1v) is 11.7. The van der Waals surface area contributed by atoms with E-state index in [1.54, 1.807) is 14.2 Å². The monoisotopic (exact) mass is 487 g/mol. The van der Waals surface area contributed by atoms with Crippen LogP contribution in [0.25, 0.3) is 33.9 Å². The molecule has 2 N–H and O–H groups in total. The fourth-order valence-electron chi connectivity index (χ4n) is 3.49. The third kappa shape index (κ3) is 4.97. The molecule has 0 spiro atoms. The highest BCUT2D eigenvalue weighted by Gasteiger charge is 2.14. The SMILES string of the molecule is COc1ccc(-c2nc3ccc(-c4nnc(SCC(=O)Nc5ccccc5)o4)cc3[nH]2)cc1OC. The number of aromatic amines is 1. The molecule has 35 heavy (non-hydrogen) atoms. The summed E-state index contributed by atoms with van der Waals surface area (Å²) < 4.78 is 16.5. The molecule has 0 fully saturated rings. The number of rotatable bonds is 8. The number of fused-ring (bicyclic) bond motifs is 1. The molecule has 1 amide bonds. The second-order valence-electron chi connectivity index (χ2n) is 7.46. The summed E-state index contributed by atoms with van der Waals surface area (Å²) >= 11 is 1.18. The summed E-state index contributed by atoms with van der Waals surface area (Å²) in [6, 6.07) is 20.5. The minimum absolute atomic E-state index is 0.150. The van der Waals surface area contributed by atoms with Gasteiger partial charge in [0.15, 0.2) is 11.5 Å². The first-order chi connectivity index (χ1) is 17.1. The number of para-hydroxylation sites is 1. The van der Waals surface area contributed by atoms with Crippen LogP contribution in [0.3, 0.4) is 0 Å². The molecule has 10 heteroatoms. The summed E-state index contributed by atoms with van der Waals surface area (Å²) in [6.07, 6.45) is 0. The maximum atomic E-state index is 12.2. The Morgan fingerprint density at radius 1 is 0.971 bits per heavy atom. The highest BCUT2D eigenvalue weighted by molar-refractivity contribution is 7.99. The first-order valence-electron chi connectivity index (χ1n) is 10.7. The predicted octanol–water partition coefficient (Wildman–Crippen LogP) is 5.03. The lowest BCUT2D eigenvalue weighted by atomic mass is 10.2. The molecule has 2 heterocycles. The maximum Gasteiger partial charge on any atom is 0.277 e. The zero-order chi connectivity index (χ0) is 24.2. The zero-order valence-corrected chi connectivity index (χ0v) is 19.8. The minimum Gasteiger partial charge on any atom is -0.493 e. The molecule has 176 valence electrons.